The normalized spacial score (nSPS) is 18.7. The van der Waals surface area contributed by atoms with Crippen molar-refractivity contribution in [1.82, 2.24) is 15.2 Å². The van der Waals surface area contributed by atoms with E-state index >= 15 is 0 Å². The summed E-state index contributed by atoms with van der Waals surface area (Å²) in [6.45, 7) is 8.56. The van der Waals surface area contributed by atoms with Crippen molar-refractivity contribution in [3.8, 4) is 0 Å². The second-order valence-corrected chi connectivity index (χ2v) is 6.40. The van der Waals surface area contributed by atoms with E-state index in [1.54, 1.807) is 0 Å². The van der Waals surface area contributed by atoms with Crippen molar-refractivity contribution in [2.24, 2.45) is 0 Å². The minimum Gasteiger partial charge on any atom is -0.352 e. The molecule has 1 aromatic heterocycles. The number of hydrogen-bond acceptors (Lipinski definition) is 4. The van der Waals surface area contributed by atoms with E-state index in [2.05, 4.69) is 55.2 Å². The van der Waals surface area contributed by atoms with E-state index in [1.165, 1.54) is 24.8 Å². The minimum absolute atomic E-state index is 0.603. The molecule has 0 amide bonds. The highest BCUT2D eigenvalue weighted by atomic mass is 15.3. The van der Waals surface area contributed by atoms with Crippen molar-refractivity contribution >= 4 is 5.82 Å². The Kier molecular flexibility index (Phi) is 6.00. The van der Waals surface area contributed by atoms with Crippen molar-refractivity contribution in [3.63, 3.8) is 0 Å². The van der Waals surface area contributed by atoms with Gasteiger partial charge in [-0.1, -0.05) is 6.92 Å². The highest BCUT2D eigenvalue weighted by molar-refractivity contribution is 5.45. The Morgan fingerprint density at radius 2 is 2.19 bits per heavy atom. The van der Waals surface area contributed by atoms with Gasteiger partial charge in [0.25, 0.3) is 0 Å². The molecule has 1 unspecified atom stereocenters. The van der Waals surface area contributed by atoms with E-state index in [-0.39, 0.29) is 0 Å². The fourth-order valence-electron chi connectivity index (χ4n) is 3.13. The van der Waals surface area contributed by atoms with Crippen molar-refractivity contribution in [1.29, 1.82) is 0 Å². The van der Waals surface area contributed by atoms with Gasteiger partial charge in [-0.25, -0.2) is 4.98 Å². The highest BCUT2D eigenvalue weighted by Crippen LogP contribution is 2.25. The van der Waals surface area contributed by atoms with E-state index in [1.807, 2.05) is 0 Å². The smallest absolute Gasteiger partial charge is 0.129 e. The zero-order chi connectivity index (χ0) is 15.2. The van der Waals surface area contributed by atoms with Crippen LogP contribution < -0.4 is 10.2 Å². The predicted octanol–water partition coefficient (Wildman–Crippen LogP) is 2.42. The first kappa shape index (κ1) is 16.2. The Morgan fingerprint density at radius 1 is 1.38 bits per heavy atom. The van der Waals surface area contributed by atoms with Gasteiger partial charge in [0.15, 0.2) is 0 Å². The Balaban J connectivity index is 2.10. The van der Waals surface area contributed by atoms with Crippen LogP contribution in [0.15, 0.2) is 12.1 Å². The molecule has 1 aliphatic heterocycles. The molecule has 1 aliphatic rings. The second kappa shape index (κ2) is 7.76. The van der Waals surface area contributed by atoms with Gasteiger partial charge in [0.2, 0.25) is 0 Å². The molecule has 1 aromatic rings. The number of anilines is 1. The summed E-state index contributed by atoms with van der Waals surface area (Å²) < 4.78 is 0. The molecular weight excluding hydrogens is 260 g/mol. The maximum atomic E-state index is 4.78. The van der Waals surface area contributed by atoms with Crippen LogP contribution in [0.3, 0.4) is 0 Å². The lowest BCUT2D eigenvalue weighted by Crippen LogP contribution is -2.38. The van der Waals surface area contributed by atoms with Gasteiger partial charge in [-0.05, 0) is 64.5 Å². The van der Waals surface area contributed by atoms with Gasteiger partial charge in [0, 0.05) is 31.4 Å². The SMILES string of the molecule is CCCNCc1cc(C)nc(N2CCCC2CN(C)C)c1. The van der Waals surface area contributed by atoms with Crippen LogP contribution in [0.2, 0.25) is 0 Å². The summed E-state index contributed by atoms with van der Waals surface area (Å²) in [6.07, 6.45) is 3.72. The molecule has 0 spiro atoms. The second-order valence-electron chi connectivity index (χ2n) is 6.40. The molecule has 2 heterocycles. The third kappa shape index (κ3) is 4.68. The maximum Gasteiger partial charge on any atom is 0.129 e. The van der Waals surface area contributed by atoms with E-state index in [0.29, 0.717) is 6.04 Å². The molecule has 0 bridgehead atoms. The number of nitrogens with one attached hydrogen (secondary N) is 1. The maximum absolute atomic E-state index is 4.78. The summed E-state index contributed by atoms with van der Waals surface area (Å²) in [5, 5.41) is 3.49. The zero-order valence-electron chi connectivity index (χ0n) is 14.0. The topological polar surface area (TPSA) is 31.4 Å². The quantitative estimate of drug-likeness (QED) is 0.782. The van der Waals surface area contributed by atoms with Crippen LogP contribution in [0.1, 0.15) is 37.4 Å². The molecule has 0 radical (unpaired) electrons. The number of nitrogens with zero attached hydrogens (tertiary/aromatic N) is 3. The van der Waals surface area contributed by atoms with Crippen LogP contribution in [0, 0.1) is 6.92 Å². The number of aromatic nitrogens is 1. The lowest BCUT2D eigenvalue weighted by atomic mass is 10.2. The molecule has 1 N–H and O–H groups in total. The summed E-state index contributed by atoms with van der Waals surface area (Å²) in [7, 11) is 4.31. The van der Waals surface area contributed by atoms with Crippen LogP contribution >= 0.6 is 0 Å². The molecule has 21 heavy (non-hydrogen) atoms. The minimum atomic E-state index is 0.603. The third-order valence-corrected chi connectivity index (χ3v) is 4.00. The Hall–Kier alpha value is -1.13. The fourth-order valence-corrected chi connectivity index (χ4v) is 3.13. The van der Waals surface area contributed by atoms with Crippen molar-refractivity contribution in [2.45, 2.75) is 45.7 Å². The molecule has 2 rings (SSSR count). The van der Waals surface area contributed by atoms with Gasteiger partial charge in [0.1, 0.15) is 5.82 Å². The molecule has 1 atom stereocenters. The molecule has 118 valence electrons. The Labute approximate surface area is 129 Å². The summed E-state index contributed by atoms with van der Waals surface area (Å²) >= 11 is 0. The number of rotatable bonds is 7. The lowest BCUT2D eigenvalue weighted by molar-refractivity contribution is 0.371. The van der Waals surface area contributed by atoms with Gasteiger partial charge in [-0.3, -0.25) is 0 Å². The van der Waals surface area contributed by atoms with Gasteiger partial charge >= 0.3 is 0 Å². The zero-order valence-corrected chi connectivity index (χ0v) is 14.0. The number of aryl methyl sites for hydroxylation is 1. The van der Waals surface area contributed by atoms with Crippen LogP contribution in [-0.4, -0.2) is 49.7 Å². The number of pyridine rings is 1. The van der Waals surface area contributed by atoms with Crippen molar-refractivity contribution in [2.75, 3.05) is 38.6 Å². The van der Waals surface area contributed by atoms with Crippen molar-refractivity contribution in [3.05, 3.63) is 23.4 Å². The monoisotopic (exact) mass is 290 g/mol. The standard InChI is InChI=1S/C17H30N4/c1-5-8-18-12-15-10-14(2)19-17(11-15)21-9-6-7-16(21)13-20(3)4/h10-11,16,18H,5-9,12-13H2,1-4H3. The fraction of sp³-hybridized carbons (Fsp3) is 0.706. The Bertz CT molecular complexity index is 444. The van der Waals surface area contributed by atoms with E-state index < -0.39 is 0 Å². The molecule has 1 saturated heterocycles. The first-order valence-corrected chi connectivity index (χ1v) is 8.19. The lowest BCUT2D eigenvalue weighted by Gasteiger charge is -2.28. The number of hydrogen-bond donors (Lipinski definition) is 1. The average molecular weight is 290 g/mol. The molecule has 0 saturated carbocycles. The molecule has 0 aliphatic carbocycles. The molecule has 0 aromatic carbocycles. The van der Waals surface area contributed by atoms with Crippen molar-refractivity contribution < 1.29 is 0 Å². The van der Waals surface area contributed by atoms with Gasteiger partial charge < -0.3 is 15.1 Å². The highest BCUT2D eigenvalue weighted by Gasteiger charge is 2.26. The molecule has 1 fully saturated rings. The van der Waals surface area contributed by atoms with E-state index in [9.17, 15) is 0 Å². The van der Waals surface area contributed by atoms with Gasteiger partial charge in [0.05, 0.1) is 0 Å². The van der Waals surface area contributed by atoms with Crippen LogP contribution in [0.4, 0.5) is 5.82 Å². The first-order valence-electron chi connectivity index (χ1n) is 8.19. The summed E-state index contributed by atoms with van der Waals surface area (Å²) in [5.41, 5.74) is 2.47. The summed E-state index contributed by atoms with van der Waals surface area (Å²) in [4.78, 5) is 9.56. The first-order chi connectivity index (χ1) is 10.1. The summed E-state index contributed by atoms with van der Waals surface area (Å²) in [6, 6.07) is 5.07. The predicted molar refractivity (Wildman–Crippen MR) is 89.9 cm³/mol. The average Bonchev–Trinajstić information content (AvgIpc) is 2.85. The Morgan fingerprint density at radius 3 is 2.90 bits per heavy atom. The van der Waals surface area contributed by atoms with E-state index in [4.69, 9.17) is 4.98 Å². The van der Waals surface area contributed by atoms with E-state index in [0.717, 1.165) is 37.7 Å². The van der Waals surface area contributed by atoms with Crippen LogP contribution in [0.25, 0.3) is 0 Å². The third-order valence-electron chi connectivity index (χ3n) is 4.00. The molecule has 4 heteroatoms. The van der Waals surface area contributed by atoms with Crippen LogP contribution in [-0.2, 0) is 6.54 Å². The summed E-state index contributed by atoms with van der Waals surface area (Å²) in [5.74, 6) is 1.16. The van der Waals surface area contributed by atoms with Gasteiger partial charge in [-0.15, -0.1) is 0 Å². The largest absolute Gasteiger partial charge is 0.352 e. The molecule has 4 nitrogen and oxygen atoms in total. The molecular formula is C17H30N4. The number of likely N-dealkylation sites (N-methyl/N-ethyl adjacent to an activating group) is 1. The van der Waals surface area contributed by atoms with Gasteiger partial charge in [-0.2, -0.15) is 0 Å². The van der Waals surface area contributed by atoms with Crippen LogP contribution in [0.5, 0.6) is 0 Å².